The zero-order valence-electron chi connectivity index (χ0n) is 19.0. The Hall–Kier alpha value is -1.30. The van der Waals surface area contributed by atoms with Crippen LogP contribution in [0.1, 0.15) is 60.5 Å². The fourth-order valence-electron chi connectivity index (χ4n) is 3.65. The third kappa shape index (κ3) is 5.44. The molecule has 2 atom stereocenters. The highest BCUT2D eigenvalue weighted by Gasteiger charge is 2.62. The molecule has 1 amide bonds. The molecule has 3 N–H and O–H groups in total. The van der Waals surface area contributed by atoms with Gasteiger partial charge in [0, 0.05) is 30.4 Å². The molecule has 1 aromatic rings. The SMILES string of the molecule is CCOC1CC(N)(C(=O)NCC(C)(C)c2ccc(OCC(C)C)cc2)C1(C)C.Cl. The number of rotatable bonds is 9. The van der Waals surface area contributed by atoms with Crippen molar-refractivity contribution in [1.29, 1.82) is 0 Å². The Morgan fingerprint density at radius 2 is 1.86 bits per heavy atom. The van der Waals surface area contributed by atoms with Crippen LogP contribution < -0.4 is 15.8 Å². The molecule has 1 aliphatic rings. The number of ether oxygens (including phenoxy) is 2. The molecule has 0 spiro atoms. The minimum Gasteiger partial charge on any atom is -0.493 e. The molecule has 6 heteroatoms. The van der Waals surface area contributed by atoms with Crippen molar-refractivity contribution in [3.63, 3.8) is 0 Å². The van der Waals surface area contributed by atoms with Gasteiger partial charge in [-0.25, -0.2) is 0 Å². The van der Waals surface area contributed by atoms with Crippen molar-refractivity contribution in [2.45, 2.75) is 71.9 Å². The normalized spacial score (nSPS) is 23.1. The Bertz CT molecular complexity index is 673. The molecule has 1 aliphatic carbocycles. The number of amides is 1. The first kappa shape index (κ1) is 25.7. The maximum absolute atomic E-state index is 12.9. The summed E-state index contributed by atoms with van der Waals surface area (Å²) in [5.74, 6) is 1.27. The van der Waals surface area contributed by atoms with Crippen molar-refractivity contribution >= 4 is 18.3 Å². The summed E-state index contributed by atoms with van der Waals surface area (Å²) in [5, 5.41) is 3.09. The van der Waals surface area contributed by atoms with E-state index in [4.69, 9.17) is 15.2 Å². The van der Waals surface area contributed by atoms with Crippen molar-refractivity contribution in [3.8, 4) is 5.75 Å². The Kier molecular flexibility index (Phi) is 8.58. The molecule has 0 heterocycles. The number of carbonyl (C=O) groups is 1. The Morgan fingerprint density at radius 1 is 1.28 bits per heavy atom. The molecule has 0 aromatic heterocycles. The van der Waals surface area contributed by atoms with Crippen LogP contribution in [0.15, 0.2) is 24.3 Å². The van der Waals surface area contributed by atoms with Crippen molar-refractivity contribution in [2.75, 3.05) is 19.8 Å². The average Bonchev–Trinajstić information content (AvgIpc) is 2.64. The number of benzene rings is 1. The van der Waals surface area contributed by atoms with Gasteiger partial charge in [0.15, 0.2) is 0 Å². The highest BCUT2D eigenvalue weighted by molar-refractivity contribution is 5.88. The summed E-state index contributed by atoms with van der Waals surface area (Å²) in [6.07, 6.45) is 0.585. The quantitative estimate of drug-likeness (QED) is 0.624. The smallest absolute Gasteiger partial charge is 0.240 e. The van der Waals surface area contributed by atoms with Crippen molar-refractivity contribution < 1.29 is 14.3 Å². The van der Waals surface area contributed by atoms with Crippen LogP contribution in [-0.4, -0.2) is 37.3 Å². The predicted molar refractivity (Wildman–Crippen MR) is 121 cm³/mol. The Balaban J connectivity index is 0.00000420. The first-order chi connectivity index (χ1) is 12.9. The molecule has 29 heavy (non-hydrogen) atoms. The van der Waals surface area contributed by atoms with Crippen LogP contribution in [0.4, 0.5) is 0 Å². The van der Waals surface area contributed by atoms with E-state index in [9.17, 15) is 4.79 Å². The molecule has 1 saturated carbocycles. The number of hydrogen-bond donors (Lipinski definition) is 2. The highest BCUT2D eigenvalue weighted by atomic mass is 35.5. The molecule has 166 valence electrons. The lowest BCUT2D eigenvalue weighted by atomic mass is 9.54. The van der Waals surface area contributed by atoms with E-state index >= 15 is 0 Å². The summed E-state index contributed by atoms with van der Waals surface area (Å²) < 4.78 is 11.5. The second kappa shape index (κ2) is 9.67. The van der Waals surface area contributed by atoms with Gasteiger partial charge in [-0.3, -0.25) is 4.79 Å². The number of nitrogens with two attached hydrogens (primary N) is 1. The number of halogens is 1. The summed E-state index contributed by atoms with van der Waals surface area (Å²) in [6, 6.07) is 8.12. The lowest BCUT2D eigenvalue weighted by Gasteiger charge is -2.57. The molecule has 0 saturated heterocycles. The third-order valence-electron chi connectivity index (χ3n) is 6.15. The third-order valence-corrected chi connectivity index (χ3v) is 6.15. The van der Waals surface area contributed by atoms with Gasteiger partial charge in [-0.05, 0) is 30.5 Å². The van der Waals surface area contributed by atoms with Gasteiger partial charge in [0.25, 0.3) is 0 Å². The lowest BCUT2D eigenvalue weighted by molar-refractivity contribution is -0.170. The van der Waals surface area contributed by atoms with Gasteiger partial charge in [-0.1, -0.05) is 53.7 Å². The summed E-state index contributed by atoms with van der Waals surface area (Å²) in [6.45, 7) is 16.3. The van der Waals surface area contributed by atoms with Crippen LogP contribution in [0.5, 0.6) is 5.75 Å². The second-order valence-corrected chi connectivity index (χ2v) is 9.64. The van der Waals surface area contributed by atoms with Gasteiger partial charge in [0.2, 0.25) is 5.91 Å². The van der Waals surface area contributed by atoms with Crippen LogP contribution in [0.3, 0.4) is 0 Å². The zero-order chi connectivity index (χ0) is 21.2. The number of nitrogens with one attached hydrogen (secondary N) is 1. The van der Waals surface area contributed by atoms with Gasteiger partial charge in [-0.15, -0.1) is 12.4 Å². The summed E-state index contributed by atoms with van der Waals surface area (Å²) >= 11 is 0. The summed E-state index contributed by atoms with van der Waals surface area (Å²) in [5.41, 5.74) is 6.14. The second-order valence-electron chi connectivity index (χ2n) is 9.64. The number of hydrogen-bond acceptors (Lipinski definition) is 4. The first-order valence-electron chi connectivity index (χ1n) is 10.4. The van der Waals surface area contributed by atoms with E-state index in [1.54, 1.807) is 0 Å². The fraction of sp³-hybridized carbons (Fsp3) is 0.696. The van der Waals surface area contributed by atoms with E-state index in [2.05, 4.69) is 45.1 Å². The molecule has 1 fully saturated rings. The molecular formula is C23H39ClN2O3. The minimum atomic E-state index is -0.891. The van der Waals surface area contributed by atoms with Gasteiger partial charge in [0.1, 0.15) is 11.3 Å². The van der Waals surface area contributed by atoms with Crippen LogP contribution in [-0.2, 0) is 14.9 Å². The summed E-state index contributed by atoms with van der Waals surface area (Å²) in [7, 11) is 0. The van der Waals surface area contributed by atoms with Gasteiger partial charge < -0.3 is 20.5 Å². The maximum Gasteiger partial charge on any atom is 0.240 e. The molecule has 2 rings (SSSR count). The van der Waals surface area contributed by atoms with Gasteiger partial charge in [0.05, 0.1) is 12.7 Å². The molecule has 0 radical (unpaired) electrons. The average molecular weight is 427 g/mol. The summed E-state index contributed by atoms with van der Waals surface area (Å²) in [4.78, 5) is 12.9. The molecule has 0 bridgehead atoms. The zero-order valence-corrected chi connectivity index (χ0v) is 19.8. The molecule has 5 nitrogen and oxygen atoms in total. The molecule has 0 aliphatic heterocycles. The lowest BCUT2D eigenvalue weighted by Crippen LogP contribution is -2.76. The van der Waals surface area contributed by atoms with E-state index in [0.717, 1.165) is 11.3 Å². The van der Waals surface area contributed by atoms with Crippen molar-refractivity contribution in [3.05, 3.63) is 29.8 Å². The maximum atomic E-state index is 12.9. The van der Waals surface area contributed by atoms with Gasteiger partial charge in [-0.2, -0.15) is 0 Å². The highest BCUT2D eigenvalue weighted by Crippen LogP contribution is 2.49. The molecular weight excluding hydrogens is 388 g/mol. The standard InChI is InChI=1S/C23H38N2O3.ClH/c1-8-27-19-13-23(24,22(19,6)7)20(26)25-15-21(4,5)17-9-11-18(12-10-17)28-14-16(2)3;/h9-12,16,19H,8,13-15,24H2,1-7H3,(H,25,26);1H. The monoisotopic (exact) mass is 426 g/mol. The molecule has 1 aromatic carbocycles. The van der Waals surface area contributed by atoms with Crippen LogP contribution >= 0.6 is 12.4 Å². The minimum absolute atomic E-state index is 0. The topological polar surface area (TPSA) is 73.6 Å². The van der Waals surface area contributed by atoms with E-state index in [-0.39, 0.29) is 35.2 Å². The van der Waals surface area contributed by atoms with Crippen LogP contribution in [0, 0.1) is 11.3 Å². The fourth-order valence-corrected chi connectivity index (χ4v) is 3.65. The van der Waals surface area contributed by atoms with E-state index in [1.807, 2.05) is 32.9 Å². The number of carbonyl (C=O) groups excluding carboxylic acids is 1. The van der Waals surface area contributed by atoms with Crippen LogP contribution in [0.25, 0.3) is 0 Å². The van der Waals surface area contributed by atoms with Crippen molar-refractivity contribution in [1.82, 2.24) is 5.32 Å². The van der Waals surface area contributed by atoms with E-state index in [1.165, 1.54) is 0 Å². The van der Waals surface area contributed by atoms with E-state index < -0.39 is 5.54 Å². The van der Waals surface area contributed by atoms with Gasteiger partial charge >= 0.3 is 0 Å². The first-order valence-corrected chi connectivity index (χ1v) is 10.4. The Morgan fingerprint density at radius 3 is 2.34 bits per heavy atom. The van der Waals surface area contributed by atoms with Crippen molar-refractivity contribution in [2.24, 2.45) is 17.1 Å². The predicted octanol–water partition coefficient (Wildman–Crippen LogP) is 4.07. The van der Waals surface area contributed by atoms with Crippen LogP contribution in [0.2, 0.25) is 0 Å². The Labute approximate surface area is 182 Å². The van der Waals surface area contributed by atoms with E-state index in [0.29, 0.717) is 32.1 Å². The molecule has 2 unspecified atom stereocenters. The largest absolute Gasteiger partial charge is 0.493 e.